The first kappa shape index (κ1) is 18.1. The molecule has 1 aromatic carbocycles. The van der Waals surface area contributed by atoms with E-state index in [2.05, 4.69) is 37.8 Å². The minimum absolute atomic E-state index is 0.784. The Morgan fingerprint density at radius 2 is 1.70 bits per heavy atom. The van der Waals surface area contributed by atoms with Gasteiger partial charge in [0, 0.05) is 0 Å². The Morgan fingerprint density at radius 1 is 1.04 bits per heavy atom. The standard InChI is InChI=1S/C22H34O/c1-3-5-6-18-23-22-16-14-21(15-17-22)13-12-20-10-8-19(7-4-2)9-11-20/h3,14-17,19-20H,1,4-13,18H2,2H3. The molecule has 1 heteroatoms. The fourth-order valence-electron chi connectivity index (χ4n) is 3.76. The van der Waals surface area contributed by atoms with Crippen molar-refractivity contribution < 1.29 is 4.74 Å². The van der Waals surface area contributed by atoms with E-state index in [-0.39, 0.29) is 0 Å². The number of unbranched alkanes of at least 4 members (excludes halogenated alkanes) is 1. The molecule has 1 fully saturated rings. The molecule has 2 rings (SSSR count). The van der Waals surface area contributed by atoms with E-state index in [4.69, 9.17) is 4.74 Å². The van der Waals surface area contributed by atoms with E-state index in [1.165, 1.54) is 56.9 Å². The zero-order valence-corrected chi connectivity index (χ0v) is 14.9. The Bertz CT molecular complexity index is 426. The van der Waals surface area contributed by atoms with Gasteiger partial charge in [-0.25, -0.2) is 0 Å². The van der Waals surface area contributed by atoms with Crippen molar-refractivity contribution in [3.8, 4) is 5.75 Å². The molecule has 128 valence electrons. The fourth-order valence-corrected chi connectivity index (χ4v) is 3.76. The van der Waals surface area contributed by atoms with Gasteiger partial charge >= 0.3 is 0 Å². The van der Waals surface area contributed by atoms with Gasteiger partial charge < -0.3 is 4.74 Å². The normalized spacial score (nSPS) is 21.1. The Balaban J connectivity index is 1.65. The summed E-state index contributed by atoms with van der Waals surface area (Å²) in [5.41, 5.74) is 1.46. The highest BCUT2D eigenvalue weighted by Gasteiger charge is 2.20. The van der Waals surface area contributed by atoms with E-state index in [1.54, 1.807) is 0 Å². The molecule has 0 N–H and O–H groups in total. The molecule has 0 bridgehead atoms. The number of hydrogen-bond acceptors (Lipinski definition) is 1. The average molecular weight is 315 g/mol. The van der Waals surface area contributed by atoms with Crippen LogP contribution in [0.5, 0.6) is 5.75 Å². The second kappa shape index (κ2) is 10.5. The van der Waals surface area contributed by atoms with Crippen LogP contribution in [0.25, 0.3) is 0 Å². The second-order valence-electron chi connectivity index (χ2n) is 7.14. The maximum absolute atomic E-state index is 5.74. The molecule has 0 unspecified atom stereocenters. The van der Waals surface area contributed by atoms with Crippen LogP contribution in [0.3, 0.4) is 0 Å². The van der Waals surface area contributed by atoms with E-state index >= 15 is 0 Å². The first-order valence-electron chi connectivity index (χ1n) is 9.64. The van der Waals surface area contributed by atoms with Crippen LogP contribution in [0.15, 0.2) is 36.9 Å². The van der Waals surface area contributed by atoms with Gasteiger partial charge in [0.05, 0.1) is 6.61 Å². The largest absolute Gasteiger partial charge is 0.494 e. The van der Waals surface area contributed by atoms with Crippen LogP contribution in [0.1, 0.15) is 70.3 Å². The third-order valence-electron chi connectivity index (χ3n) is 5.25. The summed E-state index contributed by atoms with van der Waals surface area (Å²) in [7, 11) is 0. The summed E-state index contributed by atoms with van der Waals surface area (Å²) in [5, 5.41) is 0. The molecular formula is C22H34O. The summed E-state index contributed by atoms with van der Waals surface area (Å²) in [5.74, 6) is 2.98. The van der Waals surface area contributed by atoms with Crippen molar-refractivity contribution in [3.05, 3.63) is 42.5 Å². The predicted octanol–water partition coefficient (Wildman–Crippen LogP) is 6.57. The number of benzene rings is 1. The molecule has 1 aliphatic carbocycles. The Kier molecular flexibility index (Phi) is 8.28. The minimum atomic E-state index is 0.784. The quantitative estimate of drug-likeness (QED) is 0.350. The van der Waals surface area contributed by atoms with Gasteiger partial charge in [0.1, 0.15) is 5.75 Å². The fraction of sp³-hybridized carbons (Fsp3) is 0.636. The molecule has 0 amide bonds. The summed E-state index contributed by atoms with van der Waals surface area (Å²) in [6.07, 6.45) is 15.2. The summed E-state index contributed by atoms with van der Waals surface area (Å²) < 4.78 is 5.74. The van der Waals surface area contributed by atoms with Gasteiger partial charge in [-0.05, 0) is 55.2 Å². The smallest absolute Gasteiger partial charge is 0.119 e. The lowest BCUT2D eigenvalue weighted by atomic mass is 9.78. The molecule has 0 aliphatic heterocycles. The summed E-state index contributed by atoms with van der Waals surface area (Å²) in [6.45, 7) is 6.84. The van der Waals surface area contributed by atoms with Gasteiger partial charge in [0.25, 0.3) is 0 Å². The topological polar surface area (TPSA) is 9.23 Å². The Labute approximate surface area is 143 Å². The van der Waals surface area contributed by atoms with Crippen LogP contribution in [-0.2, 0) is 6.42 Å². The predicted molar refractivity (Wildman–Crippen MR) is 100 cm³/mol. The monoisotopic (exact) mass is 314 g/mol. The molecule has 23 heavy (non-hydrogen) atoms. The van der Waals surface area contributed by atoms with Crippen LogP contribution < -0.4 is 4.74 Å². The number of ether oxygens (including phenoxy) is 1. The molecule has 0 heterocycles. The highest BCUT2D eigenvalue weighted by atomic mass is 16.5. The lowest BCUT2D eigenvalue weighted by molar-refractivity contribution is 0.252. The SMILES string of the molecule is C=CCCCOc1ccc(CCC2CCC(CCC)CC2)cc1. The van der Waals surface area contributed by atoms with E-state index in [9.17, 15) is 0 Å². The lowest BCUT2D eigenvalue weighted by Crippen LogP contribution is -2.15. The van der Waals surface area contributed by atoms with Crippen LogP contribution in [0.4, 0.5) is 0 Å². The van der Waals surface area contributed by atoms with Gasteiger partial charge in [-0.15, -0.1) is 6.58 Å². The van der Waals surface area contributed by atoms with Crippen molar-refractivity contribution in [2.45, 2.75) is 71.1 Å². The first-order valence-corrected chi connectivity index (χ1v) is 9.64. The molecular weight excluding hydrogens is 280 g/mol. The Hall–Kier alpha value is -1.24. The summed E-state index contributed by atoms with van der Waals surface area (Å²) in [6, 6.07) is 8.74. The molecule has 0 saturated heterocycles. The number of hydrogen-bond donors (Lipinski definition) is 0. The van der Waals surface area contributed by atoms with E-state index in [0.29, 0.717) is 0 Å². The van der Waals surface area contributed by atoms with Crippen molar-refractivity contribution in [3.63, 3.8) is 0 Å². The van der Waals surface area contributed by atoms with Gasteiger partial charge in [-0.2, -0.15) is 0 Å². The van der Waals surface area contributed by atoms with E-state index in [0.717, 1.165) is 37.0 Å². The zero-order chi connectivity index (χ0) is 16.3. The molecule has 1 saturated carbocycles. The molecule has 1 aromatic rings. The van der Waals surface area contributed by atoms with Crippen molar-refractivity contribution in [2.75, 3.05) is 6.61 Å². The molecule has 0 spiro atoms. The highest BCUT2D eigenvalue weighted by Crippen LogP contribution is 2.33. The van der Waals surface area contributed by atoms with E-state index < -0.39 is 0 Å². The third kappa shape index (κ3) is 6.81. The number of aryl methyl sites for hydroxylation is 1. The molecule has 1 nitrogen and oxygen atoms in total. The van der Waals surface area contributed by atoms with Crippen LogP contribution >= 0.6 is 0 Å². The third-order valence-corrected chi connectivity index (χ3v) is 5.25. The van der Waals surface area contributed by atoms with Gasteiger partial charge in [0.2, 0.25) is 0 Å². The number of allylic oxidation sites excluding steroid dienone is 1. The Morgan fingerprint density at radius 3 is 2.30 bits per heavy atom. The minimum Gasteiger partial charge on any atom is -0.494 e. The van der Waals surface area contributed by atoms with Crippen molar-refractivity contribution in [1.82, 2.24) is 0 Å². The zero-order valence-electron chi connectivity index (χ0n) is 14.9. The lowest BCUT2D eigenvalue weighted by Gasteiger charge is -2.28. The average Bonchev–Trinajstić information content (AvgIpc) is 2.59. The van der Waals surface area contributed by atoms with Crippen LogP contribution in [0.2, 0.25) is 0 Å². The highest BCUT2D eigenvalue weighted by molar-refractivity contribution is 5.27. The van der Waals surface area contributed by atoms with Crippen LogP contribution in [0, 0.1) is 11.8 Å². The summed E-state index contributed by atoms with van der Waals surface area (Å²) >= 11 is 0. The molecule has 0 aromatic heterocycles. The van der Waals surface area contributed by atoms with E-state index in [1.807, 2.05) is 6.08 Å². The molecule has 1 aliphatic rings. The summed E-state index contributed by atoms with van der Waals surface area (Å²) in [4.78, 5) is 0. The van der Waals surface area contributed by atoms with Crippen molar-refractivity contribution in [2.24, 2.45) is 11.8 Å². The number of rotatable bonds is 10. The maximum atomic E-state index is 5.74. The maximum Gasteiger partial charge on any atom is 0.119 e. The van der Waals surface area contributed by atoms with Gasteiger partial charge in [-0.1, -0.05) is 63.7 Å². The first-order chi connectivity index (χ1) is 11.3. The van der Waals surface area contributed by atoms with Crippen LogP contribution in [-0.4, -0.2) is 6.61 Å². The van der Waals surface area contributed by atoms with Crippen molar-refractivity contribution >= 4 is 0 Å². The second-order valence-corrected chi connectivity index (χ2v) is 7.14. The van der Waals surface area contributed by atoms with Gasteiger partial charge in [-0.3, -0.25) is 0 Å². The van der Waals surface area contributed by atoms with Crippen molar-refractivity contribution in [1.29, 1.82) is 0 Å². The molecule has 0 atom stereocenters. The molecule has 0 radical (unpaired) electrons. The van der Waals surface area contributed by atoms with Gasteiger partial charge in [0.15, 0.2) is 0 Å².